The van der Waals surface area contributed by atoms with Crippen molar-refractivity contribution in [3.63, 3.8) is 0 Å². The zero-order valence-corrected chi connectivity index (χ0v) is 26.7. The van der Waals surface area contributed by atoms with Crippen molar-refractivity contribution in [3.8, 4) is 0 Å². The van der Waals surface area contributed by atoms with Crippen molar-refractivity contribution in [2.75, 3.05) is 45.0 Å². The largest absolute Gasteiger partial charge is 0.387 e. The number of hydrogen-bond donors (Lipinski definition) is 3. The van der Waals surface area contributed by atoms with Gasteiger partial charge in [0, 0.05) is 38.8 Å². The van der Waals surface area contributed by atoms with Crippen LogP contribution in [0.15, 0.2) is 67.0 Å². The molecule has 46 heavy (non-hydrogen) atoms. The summed E-state index contributed by atoms with van der Waals surface area (Å²) in [6.07, 6.45) is -0.413. The Kier molecular flexibility index (Phi) is 9.94. The highest BCUT2D eigenvalue weighted by Crippen LogP contribution is 2.34. The standard InChI is InChI=1S/C32H40N6O7S/c1-43-19-25-28(39)29(40)32(45-25)37-20-34-27-30(33-17-24(21-9-5-3-6-10-21)22-11-7-4-8-12-22)35-26(36-31(27)37)18-38(46(2,41)42)23-13-15-44-16-14-23/h3-12,20,23-25,28-29,32,39-40H,13-19H2,1-2H3,(H,33,35,36)/t25-,28-,29-,32-/m1/s1. The summed E-state index contributed by atoms with van der Waals surface area (Å²) in [5.74, 6) is 0.640. The number of nitrogens with zero attached hydrogens (tertiary/aromatic N) is 5. The molecule has 246 valence electrons. The molecule has 0 radical (unpaired) electrons. The molecule has 2 saturated heterocycles. The van der Waals surface area contributed by atoms with Crippen molar-refractivity contribution < 1.29 is 32.8 Å². The van der Waals surface area contributed by atoms with Crippen LogP contribution in [0, 0.1) is 0 Å². The summed E-state index contributed by atoms with van der Waals surface area (Å²) >= 11 is 0. The minimum Gasteiger partial charge on any atom is -0.387 e. The van der Waals surface area contributed by atoms with Crippen LogP contribution in [0.4, 0.5) is 5.82 Å². The van der Waals surface area contributed by atoms with Crippen LogP contribution in [-0.2, 0) is 30.8 Å². The summed E-state index contributed by atoms with van der Waals surface area (Å²) in [5, 5.41) is 25.1. The summed E-state index contributed by atoms with van der Waals surface area (Å²) in [6.45, 7) is 1.42. The summed E-state index contributed by atoms with van der Waals surface area (Å²) in [4.78, 5) is 14.2. The van der Waals surface area contributed by atoms with Crippen molar-refractivity contribution in [3.05, 3.63) is 83.9 Å². The number of methoxy groups -OCH3 is 1. The van der Waals surface area contributed by atoms with E-state index in [0.717, 1.165) is 11.1 Å². The van der Waals surface area contributed by atoms with Crippen LogP contribution in [0.5, 0.6) is 0 Å². The van der Waals surface area contributed by atoms with Crippen LogP contribution >= 0.6 is 0 Å². The minimum absolute atomic E-state index is 0.0300. The van der Waals surface area contributed by atoms with Crippen LogP contribution in [0.1, 0.15) is 41.9 Å². The number of benzene rings is 2. The Morgan fingerprint density at radius 2 is 1.67 bits per heavy atom. The monoisotopic (exact) mass is 652 g/mol. The number of ether oxygens (including phenoxy) is 3. The van der Waals surface area contributed by atoms with E-state index in [-0.39, 0.29) is 30.9 Å². The van der Waals surface area contributed by atoms with E-state index in [2.05, 4.69) is 34.6 Å². The molecule has 0 aliphatic carbocycles. The number of fused-ring (bicyclic) bond motifs is 1. The number of imidazole rings is 1. The fourth-order valence-corrected chi connectivity index (χ4v) is 7.33. The van der Waals surface area contributed by atoms with E-state index in [1.165, 1.54) is 24.0 Å². The van der Waals surface area contributed by atoms with Gasteiger partial charge in [0.25, 0.3) is 0 Å². The van der Waals surface area contributed by atoms with Gasteiger partial charge in [0.15, 0.2) is 23.2 Å². The van der Waals surface area contributed by atoms with Crippen LogP contribution in [0.3, 0.4) is 0 Å². The van der Waals surface area contributed by atoms with E-state index in [1.807, 2.05) is 36.4 Å². The number of aliphatic hydroxyl groups excluding tert-OH is 2. The van der Waals surface area contributed by atoms with Crippen LogP contribution < -0.4 is 5.32 Å². The highest BCUT2D eigenvalue weighted by molar-refractivity contribution is 7.88. The fraction of sp³-hybridized carbons (Fsp3) is 0.469. The molecule has 0 amide bonds. The van der Waals surface area contributed by atoms with E-state index in [4.69, 9.17) is 24.2 Å². The molecular weight excluding hydrogens is 612 g/mol. The molecule has 0 spiro atoms. The van der Waals surface area contributed by atoms with E-state index in [0.29, 0.717) is 49.6 Å². The van der Waals surface area contributed by atoms with Gasteiger partial charge >= 0.3 is 0 Å². The van der Waals surface area contributed by atoms with Gasteiger partial charge in [-0.1, -0.05) is 60.7 Å². The van der Waals surface area contributed by atoms with Gasteiger partial charge in [-0.3, -0.25) is 4.57 Å². The molecule has 4 atom stereocenters. The average molecular weight is 653 g/mol. The first-order chi connectivity index (χ1) is 22.2. The lowest BCUT2D eigenvalue weighted by Gasteiger charge is -2.32. The first-order valence-corrected chi connectivity index (χ1v) is 17.2. The molecule has 14 heteroatoms. The quantitative estimate of drug-likeness (QED) is 0.206. The minimum atomic E-state index is -3.63. The molecule has 2 aliphatic heterocycles. The van der Waals surface area contributed by atoms with Crippen molar-refractivity contribution in [1.82, 2.24) is 23.8 Å². The second kappa shape index (κ2) is 14.1. The average Bonchev–Trinajstić information content (AvgIpc) is 3.61. The molecule has 13 nitrogen and oxygen atoms in total. The first kappa shape index (κ1) is 32.4. The molecule has 0 saturated carbocycles. The van der Waals surface area contributed by atoms with Crippen molar-refractivity contribution in [1.29, 1.82) is 0 Å². The molecule has 4 heterocycles. The Balaban J connectivity index is 1.40. The molecule has 3 N–H and O–H groups in total. The summed E-state index contributed by atoms with van der Waals surface area (Å²) in [7, 11) is -2.14. The Morgan fingerprint density at radius 1 is 1.02 bits per heavy atom. The van der Waals surface area contributed by atoms with E-state index in [9.17, 15) is 18.6 Å². The van der Waals surface area contributed by atoms with Gasteiger partial charge in [0.2, 0.25) is 10.0 Å². The molecular formula is C32H40N6O7S. The highest BCUT2D eigenvalue weighted by Gasteiger charge is 2.44. The Labute approximate surface area is 268 Å². The van der Waals surface area contributed by atoms with Gasteiger partial charge in [-0.25, -0.2) is 23.4 Å². The number of anilines is 1. The SMILES string of the molecule is COC[C@H]1O[C@@H](n2cnc3c(NCC(c4ccccc4)c4ccccc4)nc(CN(C4CCOCC4)S(C)(=O)=O)nc32)[C@H](O)[C@@H]1O. The number of aliphatic hydroxyl groups is 2. The van der Waals surface area contributed by atoms with Crippen LogP contribution in [0.25, 0.3) is 11.2 Å². The van der Waals surface area contributed by atoms with Gasteiger partial charge in [-0.15, -0.1) is 0 Å². The summed E-state index contributed by atoms with van der Waals surface area (Å²) in [5.41, 5.74) is 2.97. The fourth-order valence-electron chi connectivity index (χ4n) is 6.23. The van der Waals surface area contributed by atoms with Gasteiger partial charge < -0.3 is 29.7 Å². The van der Waals surface area contributed by atoms with Crippen molar-refractivity contribution in [2.24, 2.45) is 0 Å². The van der Waals surface area contributed by atoms with E-state index < -0.39 is 34.6 Å². The lowest BCUT2D eigenvalue weighted by atomic mass is 9.91. The van der Waals surface area contributed by atoms with Crippen LogP contribution in [-0.4, -0.2) is 107 Å². The molecule has 6 rings (SSSR count). The topological polar surface area (TPSA) is 161 Å². The maximum absolute atomic E-state index is 13.0. The second-order valence-electron chi connectivity index (χ2n) is 11.7. The number of hydrogen-bond acceptors (Lipinski definition) is 11. The van der Waals surface area contributed by atoms with E-state index >= 15 is 0 Å². The Hall–Kier alpha value is -3.50. The number of aromatic nitrogens is 4. The van der Waals surface area contributed by atoms with Gasteiger partial charge in [-0.05, 0) is 24.0 Å². The Bertz CT molecular complexity index is 1660. The normalized spacial score (nSPS) is 22.7. The van der Waals surface area contributed by atoms with Crippen molar-refractivity contribution in [2.45, 2.75) is 55.9 Å². The smallest absolute Gasteiger partial charge is 0.211 e. The predicted molar refractivity (Wildman–Crippen MR) is 171 cm³/mol. The highest BCUT2D eigenvalue weighted by atomic mass is 32.2. The maximum atomic E-state index is 13.0. The number of rotatable bonds is 12. The molecule has 0 bridgehead atoms. The Morgan fingerprint density at radius 3 is 2.28 bits per heavy atom. The predicted octanol–water partition coefficient (Wildman–Crippen LogP) is 2.28. The van der Waals surface area contributed by atoms with Gasteiger partial charge in [0.1, 0.15) is 24.1 Å². The molecule has 2 fully saturated rings. The van der Waals surface area contributed by atoms with Crippen molar-refractivity contribution >= 4 is 27.0 Å². The lowest BCUT2D eigenvalue weighted by molar-refractivity contribution is -0.0580. The zero-order valence-electron chi connectivity index (χ0n) is 25.8. The molecule has 2 aromatic carbocycles. The van der Waals surface area contributed by atoms with E-state index in [1.54, 1.807) is 4.57 Å². The lowest BCUT2D eigenvalue weighted by Crippen LogP contribution is -2.42. The maximum Gasteiger partial charge on any atom is 0.211 e. The van der Waals surface area contributed by atoms with Gasteiger partial charge in [0.05, 0.1) is 25.7 Å². The number of sulfonamides is 1. The first-order valence-electron chi connectivity index (χ1n) is 15.4. The zero-order chi connectivity index (χ0) is 32.3. The van der Waals surface area contributed by atoms with Gasteiger partial charge in [-0.2, -0.15) is 4.31 Å². The molecule has 4 aromatic rings. The molecule has 2 aromatic heterocycles. The second-order valence-corrected chi connectivity index (χ2v) is 13.7. The summed E-state index contributed by atoms with van der Waals surface area (Å²) in [6, 6.07) is 20.0. The molecule has 2 aliphatic rings. The third-order valence-electron chi connectivity index (χ3n) is 8.61. The summed E-state index contributed by atoms with van der Waals surface area (Å²) < 4.78 is 45.7. The molecule has 0 unspecified atom stereocenters. The number of nitrogens with one attached hydrogen (secondary N) is 1. The van der Waals surface area contributed by atoms with Crippen LogP contribution in [0.2, 0.25) is 0 Å². The third kappa shape index (κ3) is 6.93. The third-order valence-corrected chi connectivity index (χ3v) is 9.89.